The van der Waals surface area contributed by atoms with Crippen LogP contribution in [0.15, 0.2) is 81.9 Å². The molecule has 0 saturated carbocycles. The number of carbonyl (C=O) groups is 1. The Labute approximate surface area is 199 Å². The summed E-state index contributed by atoms with van der Waals surface area (Å²) in [6.07, 6.45) is 2.37. The van der Waals surface area contributed by atoms with Gasteiger partial charge in [-0.05, 0) is 76.5 Å². The highest BCUT2D eigenvalue weighted by Crippen LogP contribution is 2.38. The molecular weight excluding hydrogens is 489 g/mol. The molecule has 0 spiro atoms. The summed E-state index contributed by atoms with van der Waals surface area (Å²) < 4.78 is 30.9. The summed E-state index contributed by atoms with van der Waals surface area (Å²) in [7, 11) is 0. The Bertz CT molecular complexity index is 1210. The first kappa shape index (κ1) is 22.7. The smallest absolute Gasteiger partial charge is 0.363 e. The highest BCUT2D eigenvalue weighted by Gasteiger charge is 2.24. The van der Waals surface area contributed by atoms with E-state index < -0.39 is 5.97 Å². The Kier molecular flexibility index (Phi) is 7.19. The number of benzene rings is 3. The number of hydrogen-bond acceptors (Lipinski definition) is 5. The number of aliphatic imine (C=N–C) groups is 1. The van der Waals surface area contributed by atoms with Crippen molar-refractivity contribution in [2.75, 3.05) is 13.2 Å². The van der Waals surface area contributed by atoms with Crippen LogP contribution in [-0.4, -0.2) is 25.1 Å². The lowest BCUT2D eigenvalue weighted by atomic mass is 10.1. The van der Waals surface area contributed by atoms with Gasteiger partial charge in [0.1, 0.15) is 5.82 Å². The molecule has 0 aromatic heterocycles. The molecule has 0 N–H and O–H groups in total. The van der Waals surface area contributed by atoms with Crippen LogP contribution in [-0.2, 0) is 16.0 Å². The van der Waals surface area contributed by atoms with Crippen LogP contribution in [0.25, 0.3) is 6.08 Å². The van der Waals surface area contributed by atoms with Crippen LogP contribution in [0.1, 0.15) is 23.6 Å². The molecule has 3 aromatic carbocycles. The number of hydrogen-bond donors (Lipinski definition) is 0. The molecule has 1 aliphatic heterocycles. The highest BCUT2D eigenvalue weighted by molar-refractivity contribution is 9.10. The zero-order valence-corrected chi connectivity index (χ0v) is 19.5. The van der Waals surface area contributed by atoms with Gasteiger partial charge in [-0.2, -0.15) is 0 Å². The van der Waals surface area contributed by atoms with Crippen molar-refractivity contribution < 1.29 is 23.4 Å². The van der Waals surface area contributed by atoms with E-state index in [-0.39, 0.29) is 17.4 Å². The molecule has 0 aliphatic carbocycles. The number of nitrogens with zero attached hydrogens (tertiary/aromatic N) is 1. The molecule has 33 heavy (non-hydrogen) atoms. The van der Waals surface area contributed by atoms with Crippen molar-refractivity contribution in [2.45, 2.75) is 13.3 Å². The standard InChI is InChI=1S/C26H21BrFNO4/c1-2-31-23-16-18(14-21(27)24(23)32-13-12-17-6-4-3-5-7-17)15-22-26(30)33-25(29-22)19-8-10-20(28)11-9-19/h3-11,14-16H,2,12-13H2,1H3/b22-15-. The summed E-state index contributed by atoms with van der Waals surface area (Å²) in [6, 6.07) is 19.3. The molecule has 1 aliphatic rings. The predicted octanol–water partition coefficient (Wildman–Crippen LogP) is 5.95. The van der Waals surface area contributed by atoms with Gasteiger partial charge in [-0.3, -0.25) is 0 Å². The number of rotatable bonds is 8. The Morgan fingerprint density at radius 2 is 1.82 bits per heavy atom. The molecule has 4 rings (SSSR count). The number of ether oxygens (including phenoxy) is 3. The van der Waals surface area contributed by atoms with E-state index in [1.165, 1.54) is 29.8 Å². The normalized spacial score (nSPS) is 14.2. The fraction of sp³-hybridized carbons (Fsp3) is 0.154. The third-order valence-corrected chi connectivity index (χ3v) is 5.42. The first-order valence-electron chi connectivity index (χ1n) is 10.4. The van der Waals surface area contributed by atoms with Gasteiger partial charge in [-0.25, -0.2) is 14.2 Å². The van der Waals surface area contributed by atoms with E-state index in [2.05, 4.69) is 33.1 Å². The topological polar surface area (TPSA) is 57.1 Å². The number of cyclic esters (lactones) is 1. The van der Waals surface area contributed by atoms with Gasteiger partial charge < -0.3 is 14.2 Å². The second-order valence-corrected chi connectivity index (χ2v) is 8.04. The maximum absolute atomic E-state index is 13.2. The Balaban J connectivity index is 1.55. The van der Waals surface area contributed by atoms with Crippen LogP contribution in [0.2, 0.25) is 0 Å². The Morgan fingerprint density at radius 1 is 1.06 bits per heavy atom. The van der Waals surface area contributed by atoms with E-state index in [9.17, 15) is 9.18 Å². The van der Waals surface area contributed by atoms with Crippen molar-refractivity contribution in [1.29, 1.82) is 0 Å². The molecule has 0 bridgehead atoms. The van der Waals surface area contributed by atoms with E-state index in [1.54, 1.807) is 12.1 Å². The molecular formula is C26H21BrFNO4. The molecule has 7 heteroatoms. The van der Waals surface area contributed by atoms with E-state index in [0.29, 0.717) is 40.3 Å². The quantitative estimate of drug-likeness (QED) is 0.278. The fourth-order valence-corrected chi connectivity index (χ4v) is 3.85. The van der Waals surface area contributed by atoms with Gasteiger partial charge in [0, 0.05) is 12.0 Å². The van der Waals surface area contributed by atoms with E-state index in [4.69, 9.17) is 14.2 Å². The number of halogens is 2. The highest BCUT2D eigenvalue weighted by atomic mass is 79.9. The zero-order chi connectivity index (χ0) is 23.2. The molecule has 0 fully saturated rings. The molecule has 0 unspecified atom stereocenters. The maximum Gasteiger partial charge on any atom is 0.363 e. The average molecular weight is 510 g/mol. The van der Waals surface area contributed by atoms with Gasteiger partial charge in [0.2, 0.25) is 5.90 Å². The summed E-state index contributed by atoms with van der Waals surface area (Å²) in [4.78, 5) is 16.6. The van der Waals surface area contributed by atoms with Crippen LogP contribution < -0.4 is 9.47 Å². The molecule has 1 heterocycles. The van der Waals surface area contributed by atoms with Crippen molar-refractivity contribution in [3.63, 3.8) is 0 Å². The van der Waals surface area contributed by atoms with E-state index in [1.807, 2.05) is 31.2 Å². The van der Waals surface area contributed by atoms with E-state index in [0.717, 1.165) is 6.42 Å². The fourth-order valence-electron chi connectivity index (χ4n) is 3.27. The minimum absolute atomic E-state index is 0.135. The molecule has 5 nitrogen and oxygen atoms in total. The summed E-state index contributed by atoms with van der Waals surface area (Å²) in [5.41, 5.74) is 2.53. The Morgan fingerprint density at radius 3 is 2.55 bits per heavy atom. The number of esters is 1. The van der Waals surface area contributed by atoms with Crippen molar-refractivity contribution in [1.82, 2.24) is 0 Å². The summed E-state index contributed by atoms with van der Waals surface area (Å²) >= 11 is 3.55. The predicted molar refractivity (Wildman–Crippen MR) is 128 cm³/mol. The molecule has 0 amide bonds. The van der Waals surface area contributed by atoms with Crippen molar-refractivity contribution >= 4 is 33.9 Å². The average Bonchev–Trinajstić information content (AvgIpc) is 3.17. The van der Waals surface area contributed by atoms with Gasteiger partial charge in [0.15, 0.2) is 17.2 Å². The second-order valence-electron chi connectivity index (χ2n) is 7.19. The largest absolute Gasteiger partial charge is 0.490 e. The maximum atomic E-state index is 13.2. The van der Waals surface area contributed by atoms with Gasteiger partial charge >= 0.3 is 5.97 Å². The summed E-state index contributed by atoms with van der Waals surface area (Å²) in [5.74, 6) is 0.335. The van der Waals surface area contributed by atoms with E-state index >= 15 is 0 Å². The summed E-state index contributed by atoms with van der Waals surface area (Å²) in [6.45, 7) is 2.83. The van der Waals surface area contributed by atoms with Crippen LogP contribution in [0.3, 0.4) is 0 Å². The van der Waals surface area contributed by atoms with Crippen LogP contribution in [0, 0.1) is 5.82 Å². The third kappa shape index (κ3) is 5.68. The SMILES string of the molecule is CCOc1cc(/C=C2\N=C(c3ccc(F)cc3)OC2=O)cc(Br)c1OCCc1ccccc1. The molecule has 0 radical (unpaired) electrons. The molecule has 0 atom stereocenters. The van der Waals surface area contributed by atoms with Gasteiger partial charge in [-0.15, -0.1) is 0 Å². The van der Waals surface area contributed by atoms with Crippen LogP contribution in [0.4, 0.5) is 4.39 Å². The van der Waals surface area contributed by atoms with Crippen molar-refractivity contribution in [2.24, 2.45) is 4.99 Å². The first-order valence-corrected chi connectivity index (χ1v) is 11.2. The van der Waals surface area contributed by atoms with Gasteiger partial charge in [-0.1, -0.05) is 30.3 Å². The third-order valence-electron chi connectivity index (χ3n) is 4.83. The lowest BCUT2D eigenvalue weighted by molar-refractivity contribution is -0.129. The lowest BCUT2D eigenvalue weighted by Gasteiger charge is -2.15. The number of carbonyl (C=O) groups excluding carboxylic acids is 1. The molecule has 168 valence electrons. The first-order chi connectivity index (χ1) is 16.0. The van der Waals surface area contributed by atoms with Gasteiger partial charge in [0.25, 0.3) is 0 Å². The molecule has 0 saturated heterocycles. The monoisotopic (exact) mass is 509 g/mol. The molecule has 3 aromatic rings. The Hall–Kier alpha value is -3.45. The minimum Gasteiger partial charge on any atom is -0.490 e. The summed E-state index contributed by atoms with van der Waals surface area (Å²) in [5, 5.41) is 0. The van der Waals surface area contributed by atoms with Crippen molar-refractivity contribution in [3.05, 3.63) is 99.4 Å². The zero-order valence-electron chi connectivity index (χ0n) is 17.9. The second kappa shape index (κ2) is 10.4. The van der Waals surface area contributed by atoms with Crippen LogP contribution >= 0.6 is 15.9 Å². The lowest BCUT2D eigenvalue weighted by Crippen LogP contribution is -2.05. The minimum atomic E-state index is -0.577. The van der Waals surface area contributed by atoms with Crippen molar-refractivity contribution in [3.8, 4) is 11.5 Å². The van der Waals surface area contributed by atoms with Gasteiger partial charge in [0.05, 0.1) is 17.7 Å². The van der Waals surface area contributed by atoms with Crippen LogP contribution in [0.5, 0.6) is 11.5 Å².